The van der Waals surface area contributed by atoms with Crippen molar-refractivity contribution in [1.29, 1.82) is 0 Å². The van der Waals surface area contributed by atoms with E-state index in [2.05, 4.69) is 21.2 Å². The molecule has 0 aliphatic heterocycles. The molecule has 2 rings (SSSR count). The summed E-state index contributed by atoms with van der Waals surface area (Å²) >= 11 is 9.31. The maximum atomic E-state index is 10.0. The topological polar surface area (TPSA) is 32.3 Å². The molecule has 0 radical (unpaired) electrons. The van der Waals surface area contributed by atoms with Gasteiger partial charge in [-0.25, -0.2) is 0 Å². The molecule has 0 spiro atoms. The molecule has 0 saturated heterocycles. The van der Waals surface area contributed by atoms with E-state index in [9.17, 15) is 5.11 Å². The van der Waals surface area contributed by atoms with Crippen molar-refractivity contribution in [3.8, 4) is 0 Å². The van der Waals surface area contributed by atoms with Crippen LogP contribution in [-0.4, -0.2) is 11.7 Å². The Hall–Kier alpha value is -0.870. The van der Waals surface area contributed by atoms with Gasteiger partial charge in [-0.15, -0.1) is 0 Å². The van der Waals surface area contributed by atoms with Crippen LogP contribution in [-0.2, 0) is 6.54 Å². The van der Waals surface area contributed by atoms with E-state index in [4.69, 9.17) is 11.6 Å². The Kier molecular flexibility index (Phi) is 5.40. The quantitative estimate of drug-likeness (QED) is 0.864. The SMILES string of the molecule is OC(CNCc1ccccc1Br)c1ccc(Cl)cc1. The molecule has 1 atom stereocenters. The molecule has 0 bridgehead atoms. The van der Waals surface area contributed by atoms with Crippen LogP contribution >= 0.6 is 27.5 Å². The molecule has 0 aromatic heterocycles. The smallest absolute Gasteiger partial charge is 0.0914 e. The minimum Gasteiger partial charge on any atom is -0.387 e. The lowest BCUT2D eigenvalue weighted by atomic mass is 10.1. The summed E-state index contributed by atoms with van der Waals surface area (Å²) in [4.78, 5) is 0. The average molecular weight is 341 g/mol. The van der Waals surface area contributed by atoms with Gasteiger partial charge in [0.15, 0.2) is 0 Å². The lowest BCUT2D eigenvalue weighted by Crippen LogP contribution is -2.21. The molecule has 2 aromatic carbocycles. The molecule has 0 heterocycles. The second-order valence-electron chi connectivity index (χ2n) is 4.29. The zero-order chi connectivity index (χ0) is 13.7. The standard InChI is InChI=1S/C15H15BrClNO/c16-14-4-2-1-3-12(14)9-18-10-15(19)11-5-7-13(17)8-6-11/h1-8,15,18-19H,9-10H2. The highest BCUT2D eigenvalue weighted by Crippen LogP contribution is 2.17. The number of hydrogen-bond donors (Lipinski definition) is 2. The third-order valence-corrected chi connectivity index (χ3v) is 3.89. The molecule has 0 aliphatic carbocycles. The van der Waals surface area contributed by atoms with Crippen LogP contribution in [0, 0.1) is 0 Å². The number of rotatable bonds is 5. The first-order chi connectivity index (χ1) is 9.16. The molecule has 0 aliphatic rings. The van der Waals surface area contributed by atoms with Gasteiger partial charge in [-0.05, 0) is 29.3 Å². The number of hydrogen-bond acceptors (Lipinski definition) is 2. The minimum absolute atomic E-state index is 0.503. The predicted octanol–water partition coefficient (Wildman–Crippen LogP) is 3.93. The first kappa shape index (κ1) is 14.5. The zero-order valence-corrected chi connectivity index (χ0v) is 12.7. The van der Waals surface area contributed by atoms with Gasteiger partial charge in [0.1, 0.15) is 0 Å². The summed E-state index contributed by atoms with van der Waals surface area (Å²) in [5.74, 6) is 0. The molecule has 4 heteroatoms. The molecule has 19 heavy (non-hydrogen) atoms. The maximum absolute atomic E-state index is 10.0. The number of aliphatic hydroxyl groups is 1. The van der Waals surface area contributed by atoms with Crippen molar-refractivity contribution in [1.82, 2.24) is 5.32 Å². The Morgan fingerprint density at radius 2 is 1.79 bits per heavy atom. The Morgan fingerprint density at radius 1 is 1.11 bits per heavy atom. The van der Waals surface area contributed by atoms with Crippen molar-refractivity contribution in [3.05, 3.63) is 69.2 Å². The van der Waals surface area contributed by atoms with E-state index in [0.717, 1.165) is 10.0 Å². The summed E-state index contributed by atoms with van der Waals surface area (Å²) in [7, 11) is 0. The highest BCUT2D eigenvalue weighted by molar-refractivity contribution is 9.10. The van der Waals surface area contributed by atoms with E-state index in [-0.39, 0.29) is 0 Å². The van der Waals surface area contributed by atoms with Crippen LogP contribution in [0.1, 0.15) is 17.2 Å². The average Bonchev–Trinajstić information content (AvgIpc) is 2.41. The summed E-state index contributed by atoms with van der Waals surface area (Å²) in [6.45, 7) is 1.22. The van der Waals surface area contributed by atoms with Gasteiger partial charge in [0.2, 0.25) is 0 Å². The van der Waals surface area contributed by atoms with Crippen molar-refractivity contribution < 1.29 is 5.11 Å². The van der Waals surface area contributed by atoms with Crippen LogP contribution in [0.15, 0.2) is 53.0 Å². The molecule has 0 saturated carbocycles. The normalized spacial score (nSPS) is 12.4. The Labute approximate surface area is 126 Å². The molecule has 2 aromatic rings. The summed E-state index contributed by atoms with van der Waals surface area (Å²) < 4.78 is 1.07. The van der Waals surface area contributed by atoms with E-state index >= 15 is 0 Å². The van der Waals surface area contributed by atoms with Gasteiger partial charge >= 0.3 is 0 Å². The fourth-order valence-corrected chi connectivity index (χ4v) is 2.34. The van der Waals surface area contributed by atoms with Gasteiger partial charge in [-0.1, -0.05) is 57.9 Å². The van der Waals surface area contributed by atoms with Crippen LogP contribution in [0.25, 0.3) is 0 Å². The predicted molar refractivity (Wildman–Crippen MR) is 82.3 cm³/mol. The number of aliphatic hydroxyl groups excluding tert-OH is 1. The highest BCUT2D eigenvalue weighted by atomic mass is 79.9. The van der Waals surface area contributed by atoms with Crippen molar-refractivity contribution in [2.75, 3.05) is 6.54 Å². The summed E-state index contributed by atoms with van der Waals surface area (Å²) in [6, 6.07) is 15.3. The molecule has 2 nitrogen and oxygen atoms in total. The van der Waals surface area contributed by atoms with Crippen LogP contribution in [0.2, 0.25) is 5.02 Å². The number of halogens is 2. The van der Waals surface area contributed by atoms with Crippen LogP contribution in [0.4, 0.5) is 0 Å². The lowest BCUT2D eigenvalue weighted by Gasteiger charge is -2.13. The fraction of sp³-hybridized carbons (Fsp3) is 0.200. The van der Waals surface area contributed by atoms with Crippen LogP contribution in [0.5, 0.6) is 0 Å². The van der Waals surface area contributed by atoms with E-state index in [1.807, 2.05) is 36.4 Å². The maximum Gasteiger partial charge on any atom is 0.0914 e. The van der Waals surface area contributed by atoms with E-state index < -0.39 is 6.10 Å². The van der Waals surface area contributed by atoms with Gasteiger partial charge in [0.05, 0.1) is 6.10 Å². The van der Waals surface area contributed by atoms with E-state index in [1.165, 1.54) is 5.56 Å². The molecule has 1 unspecified atom stereocenters. The molecule has 100 valence electrons. The minimum atomic E-state index is -0.528. The molecule has 0 amide bonds. The fourth-order valence-electron chi connectivity index (χ4n) is 1.79. The number of benzene rings is 2. The summed E-state index contributed by atoms with van der Waals surface area (Å²) in [5, 5.41) is 14.0. The third-order valence-electron chi connectivity index (χ3n) is 2.87. The van der Waals surface area contributed by atoms with Gasteiger partial charge in [0.25, 0.3) is 0 Å². The molecule has 0 fully saturated rings. The monoisotopic (exact) mass is 339 g/mol. The van der Waals surface area contributed by atoms with Gasteiger partial charge < -0.3 is 10.4 Å². The van der Waals surface area contributed by atoms with Crippen molar-refractivity contribution in [2.24, 2.45) is 0 Å². The summed E-state index contributed by atoms with van der Waals surface area (Å²) in [5.41, 5.74) is 2.04. The van der Waals surface area contributed by atoms with Crippen LogP contribution in [0.3, 0.4) is 0 Å². The second kappa shape index (κ2) is 7.06. The Bertz CT molecular complexity index is 530. The van der Waals surface area contributed by atoms with E-state index in [0.29, 0.717) is 18.1 Å². The van der Waals surface area contributed by atoms with Gasteiger partial charge in [-0.3, -0.25) is 0 Å². The van der Waals surface area contributed by atoms with E-state index in [1.54, 1.807) is 12.1 Å². The first-order valence-corrected chi connectivity index (χ1v) is 7.21. The van der Waals surface area contributed by atoms with Crippen molar-refractivity contribution in [3.63, 3.8) is 0 Å². The highest BCUT2D eigenvalue weighted by Gasteiger charge is 2.07. The third kappa shape index (κ3) is 4.32. The Balaban J connectivity index is 1.86. The number of nitrogens with one attached hydrogen (secondary N) is 1. The molecule has 2 N–H and O–H groups in total. The van der Waals surface area contributed by atoms with Crippen LogP contribution < -0.4 is 5.32 Å². The van der Waals surface area contributed by atoms with Crippen molar-refractivity contribution in [2.45, 2.75) is 12.6 Å². The Morgan fingerprint density at radius 3 is 2.47 bits per heavy atom. The molecular formula is C15H15BrClNO. The summed E-state index contributed by atoms with van der Waals surface area (Å²) in [6.07, 6.45) is -0.528. The van der Waals surface area contributed by atoms with Gasteiger partial charge in [-0.2, -0.15) is 0 Å². The first-order valence-electron chi connectivity index (χ1n) is 6.04. The second-order valence-corrected chi connectivity index (χ2v) is 5.58. The zero-order valence-electron chi connectivity index (χ0n) is 10.3. The lowest BCUT2D eigenvalue weighted by molar-refractivity contribution is 0.174. The van der Waals surface area contributed by atoms with Gasteiger partial charge in [0, 0.05) is 22.6 Å². The van der Waals surface area contributed by atoms with Crippen molar-refractivity contribution >= 4 is 27.5 Å². The molecular weight excluding hydrogens is 326 g/mol. The largest absolute Gasteiger partial charge is 0.387 e.